The standard InChI is InChI=1S/C33H44N4O7/c1-19-27-16-37(28(19)20(2)38)31(39)29(33(3)17-42-18-33)36-32(40)44-26-12-8-10-21(26)9-6-5-7-11-24-30(43-27)35-25-15-22(41-4)13-14-23(25)34-24/h13-15,19,21,26-29H,5-12,16-18H2,1-4H3,(H,36,40)/t19-,21-,26-,27+,28+,29-/m1/s1. The molecule has 1 saturated carbocycles. The molecule has 0 unspecified atom stereocenters. The Morgan fingerprint density at radius 1 is 1.02 bits per heavy atom. The molecule has 4 heterocycles. The number of hydrogen-bond acceptors (Lipinski definition) is 9. The summed E-state index contributed by atoms with van der Waals surface area (Å²) in [4.78, 5) is 52.0. The van der Waals surface area contributed by atoms with E-state index >= 15 is 0 Å². The number of nitrogens with zero attached hydrogens (tertiary/aromatic N) is 3. The monoisotopic (exact) mass is 608 g/mol. The largest absolute Gasteiger partial charge is 0.497 e. The number of aromatic nitrogens is 2. The first-order valence-corrected chi connectivity index (χ1v) is 16.0. The van der Waals surface area contributed by atoms with Crippen molar-refractivity contribution in [3.8, 4) is 11.6 Å². The highest BCUT2D eigenvalue weighted by Crippen LogP contribution is 2.37. The maximum atomic E-state index is 14.3. The van der Waals surface area contributed by atoms with E-state index in [1.807, 2.05) is 32.0 Å². The summed E-state index contributed by atoms with van der Waals surface area (Å²) < 4.78 is 23.5. The van der Waals surface area contributed by atoms with Crippen LogP contribution < -0.4 is 14.8 Å². The maximum Gasteiger partial charge on any atom is 0.408 e. The van der Waals surface area contributed by atoms with Crippen LogP contribution in [0.25, 0.3) is 11.0 Å². The first-order chi connectivity index (χ1) is 21.2. The van der Waals surface area contributed by atoms with Crippen LogP contribution in [0.4, 0.5) is 4.79 Å². The summed E-state index contributed by atoms with van der Waals surface area (Å²) in [5.41, 5.74) is 1.56. The van der Waals surface area contributed by atoms with E-state index < -0.39 is 29.7 Å². The van der Waals surface area contributed by atoms with E-state index in [2.05, 4.69) is 5.32 Å². The normalized spacial score (nSPS) is 31.0. The van der Waals surface area contributed by atoms with Crippen molar-refractivity contribution in [2.45, 2.75) is 96.4 Å². The third-order valence-electron chi connectivity index (χ3n) is 10.1. The highest BCUT2D eigenvalue weighted by Gasteiger charge is 2.53. The summed E-state index contributed by atoms with van der Waals surface area (Å²) in [5, 5.41) is 2.91. The van der Waals surface area contributed by atoms with E-state index in [-0.39, 0.29) is 30.3 Å². The number of methoxy groups -OCH3 is 1. The van der Waals surface area contributed by atoms with Crippen molar-refractivity contribution in [2.75, 3.05) is 26.9 Å². The summed E-state index contributed by atoms with van der Waals surface area (Å²) in [6, 6.07) is 3.98. The minimum atomic E-state index is -0.904. The van der Waals surface area contributed by atoms with Crippen molar-refractivity contribution in [3.63, 3.8) is 0 Å². The van der Waals surface area contributed by atoms with Crippen molar-refractivity contribution < 1.29 is 33.3 Å². The fourth-order valence-corrected chi connectivity index (χ4v) is 7.45. The third-order valence-corrected chi connectivity index (χ3v) is 10.1. The second-order valence-electron chi connectivity index (χ2n) is 13.3. The number of ether oxygens (including phenoxy) is 4. The predicted molar refractivity (Wildman–Crippen MR) is 161 cm³/mol. The molecule has 2 aromatic rings. The Morgan fingerprint density at radius 3 is 2.55 bits per heavy atom. The highest BCUT2D eigenvalue weighted by atomic mass is 16.6. The van der Waals surface area contributed by atoms with Gasteiger partial charge in [-0.1, -0.05) is 26.7 Å². The molecule has 11 nitrogen and oxygen atoms in total. The Morgan fingerprint density at radius 2 is 1.82 bits per heavy atom. The summed E-state index contributed by atoms with van der Waals surface area (Å²) in [7, 11) is 1.61. The molecule has 11 heteroatoms. The molecule has 0 spiro atoms. The molecular weight excluding hydrogens is 564 g/mol. The second-order valence-corrected chi connectivity index (χ2v) is 13.3. The minimum absolute atomic E-state index is 0.137. The van der Waals surface area contributed by atoms with E-state index in [0.717, 1.165) is 56.2 Å². The van der Waals surface area contributed by atoms with E-state index in [0.29, 0.717) is 42.7 Å². The number of hydrogen-bond donors (Lipinski definition) is 1. The Labute approximate surface area is 258 Å². The molecule has 1 aliphatic carbocycles. The van der Waals surface area contributed by atoms with Crippen LogP contribution >= 0.6 is 0 Å². The van der Waals surface area contributed by atoms with Gasteiger partial charge in [0.15, 0.2) is 5.78 Å². The molecule has 2 saturated heterocycles. The van der Waals surface area contributed by atoms with Crippen LogP contribution in [0.15, 0.2) is 18.2 Å². The van der Waals surface area contributed by atoms with Crippen molar-refractivity contribution >= 4 is 28.8 Å². The molecule has 3 fully saturated rings. The Kier molecular flexibility index (Phi) is 8.68. The van der Waals surface area contributed by atoms with Gasteiger partial charge in [0, 0.05) is 17.4 Å². The molecular formula is C33H44N4O7. The molecule has 44 heavy (non-hydrogen) atoms. The van der Waals surface area contributed by atoms with Crippen LogP contribution in [-0.4, -0.2) is 83.8 Å². The molecule has 1 aromatic carbocycles. The van der Waals surface area contributed by atoms with E-state index in [1.54, 1.807) is 12.0 Å². The molecule has 1 aromatic heterocycles. The molecule has 238 valence electrons. The van der Waals surface area contributed by atoms with Gasteiger partial charge in [-0.2, -0.15) is 0 Å². The van der Waals surface area contributed by atoms with Gasteiger partial charge in [0.2, 0.25) is 11.8 Å². The first kappa shape index (κ1) is 30.6. The number of Topliss-reactive ketones (excluding diaryl/α,β-unsaturated/α-hetero) is 1. The van der Waals surface area contributed by atoms with Gasteiger partial charge < -0.3 is 29.2 Å². The van der Waals surface area contributed by atoms with E-state index in [9.17, 15) is 14.4 Å². The van der Waals surface area contributed by atoms with Crippen LogP contribution in [-0.2, 0) is 25.5 Å². The number of fused-ring (bicyclic) bond motifs is 5. The number of amides is 2. The molecule has 6 rings (SSSR count). The predicted octanol–water partition coefficient (Wildman–Crippen LogP) is 4.24. The van der Waals surface area contributed by atoms with Crippen LogP contribution in [0.5, 0.6) is 11.6 Å². The average molecular weight is 609 g/mol. The second kappa shape index (κ2) is 12.5. The number of ketones is 1. The molecule has 3 aliphatic heterocycles. The van der Waals surface area contributed by atoms with Crippen molar-refractivity contribution in [1.82, 2.24) is 20.2 Å². The van der Waals surface area contributed by atoms with Crippen LogP contribution in [0.2, 0.25) is 0 Å². The number of carbonyl (C=O) groups excluding carboxylic acids is 3. The number of carbonyl (C=O) groups is 3. The van der Waals surface area contributed by atoms with Gasteiger partial charge in [0.05, 0.1) is 43.9 Å². The van der Waals surface area contributed by atoms with Gasteiger partial charge >= 0.3 is 6.09 Å². The summed E-state index contributed by atoms with van der Waals surface area (Å²) >= 11 is 0. The van der Waals surface area contributed by atoms with Crippen molar-refractivity contribution in [1.29, 1.82) is 0 Å². The summed E-state index contributed by atoms with van der Waals surface area (Å²) in [5.74, 6) is 0.616. The quantitative estimate of drug-likeness (QED) is 0.544. The smallest absolute Gasteiger partial charge is 0.408 e. The van der Waals surface area contributed by atoms with Crippen LogP contribution in [0.1, 0.15) is 71.4 Å². The lowest BCUT2D eigenvalue weighted by atomic mass is 9.79. The topological polar surface area (TPSA) is 129 Å². The molecule has 6 atom stereocenters. The lowest BCUT2D eigenvalue weighted by Crippen LogP contribution is -2.64. The molecule has 0 radical (unpaired) electrons. The molecule has 4 aliphatic rings. The van der Waals surface area contributed by atoms with Gasteiger partial charge in [-0.15, -0.1) is 0 Å². The number of rotatable bonds is 3. The third kappa shape index (κ3) is 5.95. The number of alkyl carbamates (subject to hydrolysis) is 1. The fourth-order valence-electron chi connectivity index (χ4n) is 7.45. The van der Waals surface area contributed by atoms with Crippen molar-refractivity contribution in [3.05, 3.63) is 23.9 Å². The van der Waals surface area contributed by atoms with Crippen LogP contribution in [0.3, 0.4) is 0 Å². The van der Waals surface area contributed by atoms with Gasteiger partial charge in [0.1, 0.15) is 29.7 Å². The SMILES string of the molecule is COc1ccc2nc3c(nc2c1)O[C@H]1CN(C(=O)[C@H](C2(C)COC2)NC(=O)O[C@@H]2CCC[C@H]2CCCCC3)[C@H](C(C)=O)[C@@H]1C. The van der Waals surface area contributed by atoms with Crippen molar-refractivity contribution in [2.24, 2.45) is 17.3 Å². The molecule has 2 bridgehead atoms. The van der Waals surface area contributed by atoms with Gasteiger partial charge in [-0.25, -0.2) is 14.8 Å². The lowest BCUT2D eigenvalue weighted by Gasteiger charge is -2.45. The van der Waals surface area contributed by atoms with Gasteiger partial charge in [0.25, 0.3) is 0 Å². The fraction of sp³-hybridized carbons (Fsp3) is 0.667. The van der Waals surface area contributed by atoms with E-state index in [4.69, 9.17) is 28.9 Å². The average Bonchev–Trinajstić information content (AvgIpc) is 3.56. The summed E-state index contributed by atoms with van der Waals surface area (Å²) in [6.07, 6.45) is 6.22. The minimum Gasteiger partial charge on any atom is -0.497 e. The zero-order chi connectivity index (χ0) is 31.0. The Hall–Kier alpha value is -3.47. The Bertz CT molecular complexity index is 1410. The first-order valence-electron chi connectivity index (χ1n) is 16.0. The molecule has 2 amide bonds. The van der Waals surface area contributed by atoms with Gasteiger partial charge in [-0.3, -0.25) is 9.59 Å². The number of benzene rings is 1. The zero-order valence-electron chi connectivity index (χ0n) is 26.2. The zero-order valence-corrected chi connectivity index (χ0v) is 26.2. The van der Waals surface area contributed by atoms with E-state index in [1.165, 1.54) is 6.92 Å². The summed E-state index contributed by atoms with van der Waals surface area (Å²) in [6.45, 7) is 6.17. The number of aryl methyl sites for hydroxylation is 1. The lowest BCUT2D eigenvalue weighted by molar-refractivity contribution is -0.158. The molecule has 1 N–H and O–H groups in total. The highest BCUT2D eigenvalue weighted by molar-refractivity contribution is 5.93. The van der Waals surface area contributed by atoms with Crippen LogP contribution in [0, 0.1) is 17.3 Å². The van der Waals surface area contributed by atoms with Gasteiger partial charge in [-0.05, 0) is 63.5 Å². The number of nitrogens with one attached hydrogen (secondary N) is 1. The Balaban J connectivity index is 1.36. The maximum absolute atomic E-state index is 14.3.